The smallest absolute Gasteiger partial charge is 0.335 e. The highest BCUT2D eigenvalue weighted by atomic mass is 32.2. The molecule has 0 aliphatic carbocycles. The van der Waals surface area contributed by atoms with Gasteiger partial charge in [-0.05, 0) is 79.7 Å². The Hall–Kier alpha value is -5.01. The van der Waals surface area contributed by atoms with Crippen LogP contribution in [0.4, 0.5) is 11.4 Å². The van der Waals surface area contributed by atoms with E-state index in [4.69, 9.17) is 25.5 Å². The monoisotopic (exact) mass is 676 g/mol. The van der Waals surface area contributed by atoms with Gasteiger partial charge in [0.2, 0.25) is 0 Å². The fraction of sp³-hybridized carbons (Fsp3) is 0.222. The van der Waals surface area contributed by atoms with Crippen LogP contribution in [-0.4, -0.2) is 92.0 Å². The Morgan fingerprint density at radius 2 is 1.17 bits per heavy atom. The minimum absolute atomic E-state index is 0.0235. The fourth-order valence-corrected chi connectivity index (χ4v) is 5.83. The lowest BCUT2D eigenvalue weighted by atomic mass is 10.1. The third-order valence-electron chi connectivity index (χ3n) is 6.79. The highest BCUT2D eigenvalue weighted by molar-refractivity contribution is 7.99. The molecule has 1 aliphatic rings. The standard InChI is InChI=1S/C18H22N2S.C14H12O3.C4H6O6/c1-14(12-19(2)3)13-20-15-8-4-6-10-17(15)21-18-11-7-5-9-16(18)20;15-12-5-3-10(4-6-12)1-2-11-7-13(16)9-14(17)8-11;5-1(3(7)8)2(6)4(9)10/h4-11,14H,12-13H2,1-3H3;1-9,15-17H;1-2,5-6H,(H,7,8)(H,9,10). The fourth-order valence-electron chi connectivity index (χ4n) is 4.73. The number of fused-ring (bicyclic) bond motifs is 2. The van der Waals surface area contributed by atoms with Gasteiger partial charge in [-0.3, -0.25) is 0 Å². The lowest BCUT2D eigenvalue weighted by molar-refractivity contribution is -0.165. The van der Waals surface area contributed by atoms with Crippen molar-refractivity contribution in [3.63, 3.8) is 0 Å². The number of rotatable bonds is 9. The molecule has 4 aromatic rings. The molecule has 0 amide bonds. The molecule has 0 fully saturated rings. The number of carbonyl (C=O) groups is 2. The Kier molecular flexibility index (Phi) is 13.9. The van der Waals surface area contributed by atoms with E-state index in [1.165, 1.54) is 27.2 Å². The summed E-state index contributed by atoms with van der Waals surface area (Å²) in [7, 11) is 4.29. The number of hydrogen-bond acceptors (Lipinski definition) is 10. The molecular formula is C36H40N2O9S. The molecule has 12 heteroatoms. The third kappa shape index (κ3) is 11.4. The predicted octanol–water partition coefficient (Wildman–Crippen LogP) is 5.34. The molecule has 0 bridgehead atoms. The maximum absolute atomic E-state index is 9.77. The maximum Gasteiger partial charge on any atom is 0.335 e. The quantitative estimate of drug-likeness (QED) is 0.113. The number of aromatic hydroxyl groups is 3. The molecule has 5 rings (SSSR count). The van der Waals surface area contributed by atoms with Crippen LogP contribution < -0.4 is 4.90 Å². The Labute approximate surface area is 283 Å². The average Bonchev–Trinajstić information content (AvgIpc) is 3.03. The summed E-state index contributed by atoms with van der Waals surface area (Å²) in [6.07, 6.45) is -0.936. The van der Waals surface area contributed by atoms with Crippen molar-refractivity contribution in [1.29, 1.82) is 0 Å². The van der Waals surface area contributed by atoms with Gasteiger partial charge in [0.1, 0.15) is 17.2 Å². The first-order chi connectivity index (χ1) is 22.7. The molecule has 254 valence electrons. The van der Waals surface area contributed by atoms with Gasteiger partial charge in [0.25, 0.3) is 0 Å². The SMILES string of the molecule is CC(CN(C)C)CN1c2ccccc2Sc2ccccc21.O=C(O)C(O)C(O)C(=O)O.Oc1ccc(C=Cc2cc(O)cc(O)c2)cc1. The topological polar surface area (TPSA) is 182 Å². The van der Waals surface area contributed by atoms with Crippen LogP contribution in [0, 0.1) is 5.92 Å². The lowest BCUT2D eigenvalue weighted by Crippen LogP contribution is -2.39. The molecule has 0 saturated heterocycles. The van der Waals surface area contributed by atoms with E-state index < -0.39 is 24.1 Å². The Bertz CT molecular complexity index is 1610. The number of carboxylic acid groups (broad SMARTS) is 2. The molecule has 1 heterocycles. The zero-order chi connectivity index (χ0) is 35.4. The summed E-state index contributed by atoms with van der Waals surface area (Å²) in [5, 5.41) is 60.3. The summed E-state index contributed by atoms with van der Waals surface area (Å²) in [6, 6.07) is 28.6. The van der Waals surface area contributed by atoms with Crippen LogP contribution in [0.1, 0.15) is 18.1 Å². The summed E-state index contributed by atoms with van der Waals surface area (Å²) in [5.74, 6) is -2.66. The highest BCUT2D eigenvalue weighted by Gasteiger charge is 2.29. The van der Waals surface area contributed by atoms with Crippen molar-refractivity contribution in [2.45, 2.75) is 28.9 Å². The number of phenols is 3. The predicted molar refractivity (Wildman–Crippen MR) is 186 cm³/mol. The number of hydrogen-bond donors (Lipinski definition) is 7. The summed E-state index contributed by atoms with van der Waals surface area (Å²) in [4.78, 5) is 27.0. The van der Waals surface area contributed by atoms with Crippen LogP contribution in [0.25, 0.3) is 12.2 Å². The van der Waals surface area contributed by atoms with E-state index in [1.807, 2.05) is 17.8 Å². The van der Waals surface area contributed by atoms with Crippen molar-refractivity contribution in [2.24, 2.45) is 5.92 Å². The number of aliphatic hydroxyl groups is 2. The van der Waals surface area contributed by atoms with Crippen molar-refractivity contribution >= 4 is 47.2 Å². The molecule has 3 atom stereocenters. The van der Waals surface area contributed by atoms with Crippen LogP contribution >= 0.6 is 11.8 Å². The van der Waals surface area contributed by atoms with Gasteiger partial charge in [0.05, 0.1) is 11.4 Å². The number of anilines is 2. The molecule has 0 spiro atoms. The van der Waals surface area contributed by atoms with E-state index in [0.717, 1.165) is 18.7 Å². The Morgan fingerprint density at radius 3 is 1.62 bits per heavy atom. The van der Waals surface area contributed by atoms with E-state index in [0.29, 0.717) is 11.5 Å². The van der Waals surface area contributed by atoms with Crippen molar-refractivity contribution in [3.8, 4) is 17.2 Å². The minimum atomic E-state index is -2.27. The molecule has 4 aromatic carbocycles. The number of benzene rings is 4. The van der Waals surface area contributed by atoms with Crippen LogP contribution in [0.5, 0.6) is 17.2 Å². The third-order valence-corrected chi connectivity index (χ3v) is 7.92. The normalized spacial score (nSPS) is 13.6. The summed E-state index contributed by atoms with van der Waals surface area (Å²) in [5.41, 5.74) is 4.31. The van der Waals surface area contributed by atoms with Crippen molar-refractivity contribution in [3.05, 3.63) is 102 Å². The average molecular weight is 677 g/mol. The molecule has 3 unspecified atom stereocenters. The molecule has 0 radical (unpaired) electrons. The molecule has 0 saturated carbocycles. The largest absolute Gasteiger partial charge is 0.508 e. The Morgan fingerprint density at radius 1 is 0.708 bits per heavy atom. The maximum atomic E-state index is 9.77. The highest BCUT2D eigenvalue weighted by Crippen LogP contribution is 2.48. The van der Waals surface area contributed by atoms with E-state index >= 15 is 0 Å². The molecular weight excluding hydrogens is 636 g/mol. The van der Waals surface area contributed by atoms with Gasteiger partial charge in [-0.25, -0.2) is 9.59 Å². The van der Waals surface area contributed by atoms with Crippen LogP contribution in [0.15, 0.2) is 101 Å². The van der Waals surface area contributed by atoms with Crippen LogP contribution in [0.3, 0.4) is 0 Å². The second kappa shape index (κ2) is 17.8. The van der Waals surface area contributed by atoms with E-state index in [2.05, 4.69) is 79.3 Å². The van der Waals surface area contributed by atoms with Crippen molar-refractivity contribution in [1.82, 2.24) is 4.90 Å². The van der Waals surface area contributed by atoms with Gasteiger partial charge in [-0.2, -0.15) is 0 Å². The van der Waals surface area contributed by atoms with E-state index in [9.17, 15) is 19.8 Å². The summed E-state index contributed by atoms with van der Waals surface area (Å²) >= 11 is 1.88. The number of aliphatic carboxylic acids is 2. The summed E-state index contributed by atoms with van der Waals surface area (Å²) < 4.78 is 0. The first kappa shape index (κ1) is 37.4. The van der Waals surface area contributed by atoms with Gasteiger partial charge in [-0.15, -0.1) is 0 Å². The first-order valence-electron chi connectivity index (χ1n) is 14.8. The second-order valence-corrected chi connectivity index (χ2v) is 12.4. The van der Waals surface area contributed by atoms with Gasteiger partial charge in [0.15, 0.2) is 12.2 Å². The van der Waals surface area contributed by atoms with Crippen LogP contribution in [-0.2, 0) is 9.59 Å². The van der Waals surface area contributed by atoms with Crippen molar-refractivity contribution in [2.75, 3.05) is 32.1 Å². The number of phenolic OH excluding ortho intramolecular Hbond substituents is 3. The van der Waals surface area contributed by atoms with Crippen LogP contribution in [0.2, 0.25) is 0 Å². The Balaban J connectivity index is 0.000000209. The van der Waals surface area contributed by atoms with Gasteiger partial charge in [0, 0.05) is 28.9 Å². The first-order valence-corrected chi connectivity index (χ1v) is 15.7. The number of aliphatic hydroxyl groups excluding tert-OH is 2. The zero-order valence-electron chi connectivity index (χ0n) is 26.7. The molecule has 7 N–H and O–H groups in total. The molecule has 1 aliphatic heterocycles. The van der Waals surface area contributed by atoms with Gasteiger partial charge < -0.3 is 45.5 Å². The number of nitrogens with zero attached hydrogens (tertiary/aromatic N) is 2. The second-order valence-electron chi connectivity index (χ2n) is 11.3. The zero-order valence-corrected chi connectivity index (χ0v) is 27.5. The van der Waals surface area contributed by atoms with E-state index in [-0.39, 0.29) is 17.2 Å². The lowest BCUT2D eigenvalue weighted by Gasteiger charge is -2.35. The summed E-state index contributed by atoms with van der Waals surface area (Å²) in [6.45, 7) is 4.48. The van der Waals surface area contributed by atoms with Crippen molar-refractivity contribution < 1.29 is 45.3 Å². The number of carboxylic acids is 2. The van der Waals surface area contributed by atoms with E-state index in [1.54, 1.807) is 42.5 Å². The molecule has 0 aromatic heterocycles. The van der Waals surface area contributed by atoms with Gasteiger partial charge >= 0.3 is 11.9 Å². The molecule has 48 heavy (non-hydrogen) atoms. The van der Waals surface area contributed by atoms with Gasteiger partial charge in [-0.1, -0.05) is 67.2 Å². The number of para-hydroxylation sites is 2. The minimum Gasteiger partial charge on any atom is -0.508 e. The molecule has 11 nitrogen and oxygen atoms in total.